The molecule has 1 aromatic heterocycles. The summed E-state index contributed by atoms with van der Waals surface area (Å²) in [5.41, 5.74) is 1.71. The van der Waals surface area contributed by atoms with E-state index >= 15 is 0 Å². The highest BCUT2D eigenvalue weighted by Gasteiger charge is 2.38. The Morgan fingerprint density at radius 3 is 2.65 bits per heavy atom. The summed E-state index contributed by atoms with van der Waals surface area (Å²) in [5.74, 6) is -0.148. The van der Waals surface area contributed by atoms with Gasteiger partial charge in [0.05, 0.1) is 22.4 Å². The summed E-state index contributed by atoms with van der Waals surface area (Å²) in [6.07, 6.45) is 1.54. The van der Waals surface area contributed by atoms with Crippen LogP contribution in [0.1, 0.15) is 38.1 Å². The summed E-state index contributed by atoms with van der Waals surface area (Å²) in [4.78, 5) is 25.4. The minimum atomic E-state index is -0.384. The van der Waals surface area contributed by atoms with E-state index in [9.17, 15) is 9.59 Å². The molecule has 1 aromatic rings. The normalized spacial score (nSPS) is 18.8. The maximum absolute atomic E-state index is 12.2. The molecule has 2 rings (SSSR count). The summed E-state index contributed by atoms with van der Waals surface area (Å²) in [7, 11) is 0. The molecular weight excluding hydrogens is 324 g/mol. The Balaban J connectivity index is 2.22. The first kappa shape index (κ1) is 15.0. The van der Waals surface area contributed by atoms with Crippen molar-refractivity contribution in [1.82, 2.24) is 20.0 Å². The summed E-state index contributed by atoms with van der Waals surface area (Å²) in [6, 6.07) is -0.702. The lowest BCUT2D eigenvalue weighted by molar-refractivity contribution is -0.128. The number of carbonyl (C=O) groups excluding carboxylic acids is 2. The second-order valence-electron chi connectivity index (χ2n) is 4.88. The van der Waals surface area contributed by atoms with E-state index in [2.05, 4.69) is 26.3 Å². The molecule has 1 unspecified atom stereocenters. The number of aromatic nitrogens is 2. The molecule has 1 aliphatic heterocycles. The first-order valence-electron chi connectivity index (χ1n) is 6.83. The number of carbonyl (C=O) groups is 2. The van der Waals surface area contributed by atoms with E-state index in [1.54, 1.807) is 0 Å². The molecule has 1 aliphatic rings. The average Bonchev–Trinajstić information content (AvgIpc) is 2.84. The number of amides is 3. The van der Waals surface area contributed by atoms with Crippen molar-refractivity contribution in [3.05, 3.63) is 15.9 Å². The number of rotatable bonds is 5. The summed E-state index contributed by atoms with van der Waals surface area (Å²) in [5, 5.41) is 7.11. The number of urea groups is 1. The Morgan fingerprint density at radius 1 is 1.35 bits per heavy atom. The molecule has 2 heterocycles. The van der Waals surface area contributed by atoms with E-state index in [4.69, 9.17) is 0 Å². The minimum Gasteiger partial charge on any atom is -0.326 e. The minimum absolute atomic E-state index is 0.148. The second-order valence-corrected chi connectivity index (χ2v) is 5.67. The van der Waals surface area contributed by atoms with Gasteiger partial charge in [-0.05, 0) is 36.2 Å². The topological polar surface area (TPSA) is 67.2 Å². The molecular formula is C13H19BrN4O2. The Morgan fingerprint density at radius 2 is 2.05 bits per heavy atom. The molecule has 0 saturated carbocycles. The largest absolute Gasteiger partial charge is 0.326 e. The van der Waals surface area contributed by atoms with Crippen LogP contribution in [-0.2, 0) is 17.9 Å². The van der Waals surface area contributed by atoms with Gasteiger partial charge in [-0.25, -0.2) is 4.79 Å². The van der Waals surface area contributed by atoms with Gasteiger partial charge in [0, 0.05) is 6.54 Å². The van der Waals surface area contributed by atoms with Crippen molar-refractivity contribution in [2.24, 2.45) is 0 Å². The fourth-order valence-electron chi connectivity index (χ4n) is 2.38. The van der Waals surface area contributed by atoms with Gasteiger partial charge in [-0.1, -0.05) is 13.3 Å². The van der Waals surface area contributed by atoms with Gasteiger partial charge in [0.25, 0.3) is 5.91 Å². The van der Waals surface area contributed by atoms with Crippen molar-refractivity contribution in [1.29, 1.82) is 0 Å². The number of imide groups is 1. The SMILES string of the molecule is CCCC1NC(=O)N(Cc2c(Br)c(C)nn2CC)C1=O. The molecule has 3 amide bonds. The van der Waals surface area contributed by atoms with Crippen molar-refractivity contribution >= 4 is 27.9 Å². The lowest BCUT2D eigenvalue weighted by Crippen LogP contribution is -2.32. The molecule has 0 radical (unpaired) electrons. The zero-order valence-electron chi connectivity index (χ0n) is 11.9. The molecule has 110 valence electrons. The Labute approximate surface area is 126 Å². The lowest BCUT2D eigenvalue weighted by atomic mass is 10.1. The maximum atomic E-state index is 12.2. The van der Waals surface area contributed by atoms with Crippen LogP contribution in [0.5, 0.6) is 0 Å². The van der Waals surface area contributed by atoms with Gasteiger partial charge < -0.3 is 5.32 Å². The monoisotopic (exact) mass is 342 g/mol. The maximum Gasteiger partial charge on any atom is 0.325 e. The van der Waals surface area contributed by atoms with E-state index in [-0.39, 0.29) is 24.5 Å². The smallest absolute Gasteiger partial charge is 0.325 e. The van der Waals surface area contributed by atoms with Crippen molar-refractivity contribution in [2.75, 3.05) is 0 Å². The third kappa shape index (κ3) is 2.59. The molecule has 1 saturated heterocycles. The Bertz CT molecular complexity index is 541. The molecule has 1 atom stereocenters. The number of hydrogen-bond donors (Lipinski definition) is 1. The predicted octanol–water partition coefficient (Wildman–Crippen LogP) is 2.19. The molecule has 6 nitrogen and oxygen atoms in total. The van der Waals surface area contributed by atoms with E-state index in [1.165, 1.54) is 4.90 Å². The van der Waals surface area contributed by atoms with Crippen molar-refractivity contribution in [3.8, 4) is 0 Å². The van der Waals surface area contributed by atoms with Crippen LogP contribution < -0.4 is 5.32 Å². The van der Waals surface area contributed by atoms with Crippen molar-refractivity contribution in [2.45, 2.75) is 52.7 Å². The molecule has 0 aliphatic carbocycles. The second kappa shape index (κ2) is 5.95. The highest BCUT2D eigenvalue weighted by atomic mass is 79.9. The first-order valence-corrected chi connectivity index (χ1v) is 7.62. The van der Waals surface area contributed by atoms with E-state index in [1.807, 2.05) is 25.5 Å². The molecule has 1 N–H and O–H groups in total. The number of hydrogen-bond acceptors (Lipinski definition) is 3. The first-order chi connectivity index (χ1) is 9.49. The van der Waals surface area contributed by atoms with Crippen LogP contribution >= 0.6 is 15.9 Å². The van der Waals surface area contributed by atoms with Crippen molar-refractivity contribution < 1.29 is 9.59 Å². The van der Waals surface area contributed by atoms with Gasteiger partial charge in [0.1, 0.15) is 6.04 Å². The van der Waals surface area contributed by atoms with Crippen LogP contribution in [0, 0.1) is 6.92 Å². The lowest BCUT2D eigenvalue weighted by Gasteiger charge is -2.14. The molecule has 1 fully saturated rings. The molecule has 0 aromatic carbocycles. The Hall–Kier alpha value is -1.37. The fraction of sp³-hybridized carbons (Fsp3) is 0.615. The standard InChI is InChI=1S/C13H19BrN4O2/c1-4-6-9-12(19)17(13(20)15-9)7-10-11(14)8(3)16-18(10)5-2/h9H,4-7H2,1-3H3,(H,15,20). The number of nitrogens with zero attached hydrogens (tertiary/aromatic N) is 3. The van der Waals surface area contributed by atoms with Crippen LogP contribution in [0.25, 0.3) is 0 Å². The van der Waals surface area contributed by atoms with Gasteiger partial charge in [-0.15, -0.1) is 0 Å². The third-order valence-corrected chi connectivity index (χ3v) is 4.48. The van der Waals surface area contributed by atoms with E-state index in [0.717, 1.165) is 22.3 Å². The zero-order chi connectivity index (χ0) is 14.9. The van der Waals surface area contributed by atoms with Gasteiger partial charge in [-0.3, -0.25) is 14.4 Å². The molecule has 0 bridgehead atoms. The predicted molar refractivity (Wildman–Crippen MR) is 78.1 cm³/mol. The quantitative estimate of drug-likeness (QED) is 0.834. The molecule has 7 heteroatoms. The summed E-state index contributed by atoms with van der Waals surface area (Å²) < 4.78 is 2.67. The number of halogens is 1. The number of aryl methyl sites for hydroxylation is 2. The fourth-order valence-corrected chi connectivity index (χ4v) is 2.79. The van der Waals surface area contributed by atoms with Crippen LogP contribution in [0.15, 0.2) is 4.47 Å². The van der Waals surface area contributed by atoms with E-state index < -0.39 is 0 Å². The van der Waals surface area contributed by atoms with Gasteiger partial charge in [0.2, 0.25) is 0 Å². The molecule has 0 spiro atoms. The summed E-state index contributed by atoms with van der Waals surface area (Å²) in [6.45, 7) is 6.82. The van der Waals surface area contributed by atoms with Crippen molar-refractivity contribution in [3.63, 3.8) is 0 Å². The van der Waals surface area contributed by atoms with Gasteiger partial charge >= 0.3 is 6.03 Å². The summed E-state index contributed by atoms with van der Waals surface area (Å²) >= 11 is 3.48. The zero-order valence-corrected chi connectivity index (χ0v) is 13.5. The van der Waals surface area contributed by atoms with Crippen LogP contribution in [0.2, 0.25) is 0 Å². The molecule has 20 heavy (non-hydrogen) atoms. The number of nitrogens with one attached hydrogen (secondary N) is 1. The highest BCUT2D eigenvalue weighted by molar-refractivity contribution is 9.10. The van der Waals surface area contributed by atoms with Crippen LogP contribution in [0.3, 0.4) is 0 Å². The van der Waals surface area contributed by atoms with Gasteiger partial charge in [-0.2, -0.15) is 5.10 Å². The third-order valence-electron chi connectivity index (χ3n) is 3.45. The van der Waals surface area contributed by atoms with E-state index in [0.29, 0.717) is 13.0 Å². The van der Waals surface area contributed by atoms with Crippen LogP contribution in [0.4, 0.5) is 4.79 Å². The Kier molecular flexibility index (Phi) is 4.47. The van der Waals surface area contributed by atoms with Gasteiger partial charge in [0.15, 0.2) is 0 Å². The average molecular weight is 343 g/mol. The highest BCUT2D eigenvalue weighted by Crippen LogP contribution is 2.24. The van der Waals surface area contributed by atoms with Crippen LogP contribution in [-0.4, -0.2) is 32.7 Å².